The average molecular weight is 358 g/mol. The minimum Gasteiger partial charge on any atom is -0.393 e. The lowest BCUT2D eigenvalue weighted by Crippen LogP contribution is -2.28. The Balaban J connectivity index is 1.39. The van der Waals surface area contributed by atoms with Crippen molar-refractivity contribution in [2.75, 3.05) is 32.1 Å². The van der Waals surface area contributed by atoms with Crippen molar-refractivity contribution in [3.05, 3.63) is 35.4 Å². The predicted octanol–water partition coefficient (Wildman–Crippen LogP) is 1.65. The van der Waals surface area contributed by atoms with Gasteiger partial charge in [0.15, 0.2) is 0 Å². The molecule has 2 aromatic heterocycles. The lowest BCUT2D eigenvalue weighted by molar-refractivity contribution is 0.131. The minimum absolute atomic E-state index is 0.261. The van der Waals surface area contributed by atoms with E-state index in [2.05, 4.69) is 37.6 Å². The van der Waals surface area contributed by atoms with Crippen molar-refractivity contribution in [2.24, 2.45) is 5.92 Å². The molecule has 142 valence electrons. The van der Waals surface area contributed by atoms with E-state index < -0.39 is 0 Å². The highest BCUT2D eigenvalue weighted by Gasteiger charge is 2.35. The summed E-state index contributed by atoms with van der Waals surface area (Å²) in [6.07, 6.45) is 5.48. The van der Waals surface area contributed by atoms with Gasteiger partial charge in [-0.3, -0.25) is 10.1 Å². The van der Waals surface area contributed by atoms with Crippen molar-refractivity contribution in [2.45, 2.75) is 44.6 Å². The largest absolute Gasteiger partial charge is 0.393 e. The Bertz CT molecular complexity index is 684. The molecule has 0 unspecified atom stereocenters. The molecule has 3 N–H and O–H groups in total. The van der Waals surface area contributed by atoms with Gasteiger partial charge in [0.2, 0.25) is 5.95 Å². The van der Waals surface area contributed by atoms with Crippen LogP contribution in [0.3, 0.4) is 0 Å². The zero-order chi connectivity index (χ0) is 18.5. The van der Waals surface area contributed by atoms with Crippen molar-refractivity contribution in [3.8, 4) is 0 Å². The number of aromatic amines is 1. The van der Waals surface area contributed by atoms with Crippen molar-refractivity contribution < 1.29 is 5.11 Å². The molecule has 26 heavy (non-hydrogen) atoms. The maximum absolute atomic E-state index is 10.4. The maximum Gasteiger partial charge on any atom is 0.244 e. The van der Waals surface area contributed by atoms with Crippen LogP contribution in [0.5, 0.6) is 0 Å². The number of rotatable bonds is 8. The van der Waals surface area contributed by atoms with E-state index in [0.29, 0.717) is 5.95 Å². The monoisotopic (exact) mass is 358 g/mol. The van der Waals surface area contributed by atoms with E-state index in [1.54, 1.807) is 0 Å². The summed E-state index contributed by atoms with van der Waals surface area (Å²) in [6.45, 7) is 3.80. The van der Waals surface area contributed by atoms with Gasteiger partial charge in [-0.15, -0.1) is 5.10 Å². The molecule has 0 spiro atoms. The van der Waals surface area contributed by atoms with Crippen LogP contribution in [-0.4, -0.2) is 58.6 Å². The van der Waals surface area contributed by atoms with Crippen LogP contribution in [-0.2, 0) is 6.42 Å². The summed E-state index contributed by atoms with van der Waals surface area (Å²) in [7, 11) is 3.85. The molecule has 1 saturated carbocycles. The molecular weight excluding hydrogens is 328 g/mol. The Labute approximate surface area is 155 Å². The standard InChI is InChI=1S/C19H30N6O/c1-13-6-7-14(11-21-13)5-4-8-20-12-16-9-15(10-17(16)26)18-22-19(24-23-18)25(2)3/h6-7,11,15-17,20,26H,4-5,8-10,12H2,1-3H3,(H,22,23,24)/t15-,16+,17+/m0/s1. The van der Waals surface area contributed by atoms with Gasteiger partial charge in [0.1, 0.15) is 5.82 Å². The predicted molar refractivity (Wildman–Crippen MR) is 102 cm³/mol. The first-order chi connectivity index (χ1) is 12.5. The summed E-state index contributed by atoms with van der Waals surface area (Å²) in [4.78, 5) is 10.7. The molecule has 0 saturated heterocycles. The summed E-state index contributed by atoms with van der Waals surface area (Å²) >= 11 is 0. The minimum atomic E-state index is -0.276. The van der Waals surface area contributed by atoms with Crippen LogP contribution in [0.2, 0.25) is 0 Å². The Kier molecular flexibility index (Phi) is 6.21. The molecule has 0 aliphatic heterocycles. The SMILES string of the molecule is Cc1ccc(CCCNC[C@H]2C[C@H](c3nc(N(C)C)n[nH]3)C[C@H]2O)cn1. The van der Waals surface area contributed by atoms with E-state index >= 15 is 0 Å². The van der Waals surface area contributed by atoms with E-state index in [9.17, 15) is 5.11 Å². The van der Waals surface area contributed by atoms with E-state index in [-0.39, 0.29) is 17.9 Å². The molecular formula is C19H30N6O. The Morgan fingerprint density at radius 2 is 2.15 bits per heavy atom. The molecule has 1 aliphatic carbocycles. The Hall–Kier alpha value is -1.99. The zero-order valence-corrected chi connectivity index (χ0v) is 15.9. The molecule has 0 amide bonds. The first-order valence-electron chi connectivity index (χ1n) is 9.43. The van der Waals surface area contributed by atoms with Gasteiger partial charge in [-0.1, -0.05) is 6.07 Å². The molecule has 0 radical (unpaired) electrons. The van der Waals surface area contributed by atoms with Crippen molar-refractivity contribution in [3.63, 3.8) is 0 Å². The van der Waals surface area contributed by atoms with Gasteiger partial charge >= 0.3 is 0 Å². The fourth-order valence-corrected chi connectivity index (χ4v) is 3.54. The van der Waals surface area contributed by atoms with Gasteiger partial charge in [-0.05, 0) is 56.7 Å². The van der Waals surface area contributed by atoms with Gasteiger partial charge < -0.3 is 15.3 Å². The summed E-state index contributed by atoms with van der Waals surface area (Å²) in [5.41, 5.74) is 2.33. The Morgan fingerprint density at radius 1 is 1.31 bits per heavy atom. The fourth-order valence-electron chi connectivity index (χ4n) is 3.54. The van der Waals surface area contributed by atoms with Crippen molar-refractivity contribution >= 4 is 5.95 Å². The maximum atomic E-state index is 10.4. The fraction of sp³-hybridized carbons (Fsp3) is 0.632. The van der Waals surface area contributed by atoms with E-state index in [0.717, 1.165) is 50.3 Å². The third-order valence-corrected chi connectivity index (χ3v) is 5.13. The molecule has 0 aromatic carbocycles. The van der Waals surface area contributed by atoms with Gasteiger partial charge in [-0.25, -0.2) is 0 Å². The van der Waals surface area contributed by atoms with E-state index in [4.69, 9.17) is 0 Å². The number of aliphatic hydroxyl groups is 1. The smallest absolute Gasteiger partial charge is 0.244 e. The van der Waals surface area contributed by atoms with Crippen LogP contribution in [0.1, 0.15) is 42.3 Å². The van der Waals surface area contributed by atoms with Gasteiger partial charge in [0, 0.05) is 38.4 Å². The molecule has 3 atom stereocenters. The molecule has 3 rings (SSSR count). The molecule has 2 heterocycles. The number of pyridine rings is 1. The van der Waals surface area contributed by atoms with Gasteiger partial charge in [-0.2, -0.15) is 4.98 Å². The third-order valence-electron chi connectivity index (χ3n) is 5.13. The number of aryl methyl sites for hydroxylation is 2. The number of nitrogens with zero attached hydrogens (tertiary/aromatic N) is 4. The number of hydrogen-bond acceptors (Lipinski definition) is 6. The second-order valence-corrected chi connectivity index (χ2v) is 7.53. The second-order valence-electron chi connectivity index (χ2n) is 7.53. The van der Waals surface area contributed by atoms with Gasteiger partial charge in [0.25, 0.3) is 0 Å². The number of hydrogen-bond donors (Lipinski definition) is 3. The highest BCUT2D eigenvalue weighted by atomic mass is 16.3. The normalized spacial score (nSPS) is 22.7. The summed E-state index contributed by atoms with van der Waals surface area (Å²) < 4.78 is 0. The molecule has 0 bridgehead atoms. The first kappa shape index (κ1) is 18.8. The van der Waals surface area contributed by atoms with Crippen LogP contribution in [0.4, 0.5) is 5.95 Å². The topological polar surface area (TPSA) is 90.0 Å². The number of H-pyrrole nitrogens is 1. The summed E-state index contributed by atoms with van der Waals surface area (Å²) in [5.74, 6) is 2.12. The van der Waals surface area contributed by atoms with Gasteiger partial charge in [0.05, 0.1) is 6.10 Å². The van der Waals surface area contributed by atoms with Crippen LogP contribution in [0.15, 0.2) is 18.3 Å². The average Bonchev–Trinajstić information content (AvgIpc) is 3.23. The number of nitrogens with one attached hydrogen (secondary N) is 2. The molecule has 1 aliphatic rings. The van der Waals surface area contributed by atoms with Crippen LogP contribution < -0.4 is 10.2 Å². The first-order valence-corrected chi connectivity index (χ1v) is 9.43. The number of aromatic nitrogens is 4. The lowest BCUT2D eigenvalue weighted by atomic mass is 10.0. The number of anilines is 1. The highest BCUT2D eigenvalue weighted by molar-refractivity contribution is 5.26. The third kappa shape index (κ3) is 4.80. The molecule has 7 nitrogen and oxygen atoms in total. The summed E-state index contributed by atoms with van der Waals surface area (Å²) in [5, 5.41) is 21.1. The Morgan fingerprint density at radius 3 is 2.85 bits per heavy atom. The van der Waals surface area contributed by atoms with Crippen molar-refractivity contribution in [1.29, 1.82) is 0 Å². The second kappa shape index (κ2) is 8.60. The van der Waals surface area contributed by atoms with Crippen LogP contribution >= 0.6 is 0 Å². The summed E-state index contributed by atoms with van der Waals surface area (Å²) in [6, 6.07) is 4.20. The van der Waals surface area contributed by atoms with Crippen LogP contribution in [0, 0.1) is 12.8 Å². The van der Waals surface area contributed by atoms with Crippen molar-refractivity contribution in [1.82, 2.24) is 25.5 Å². The quantitative estimate of drug-likeness (QED) is 0.622. The van der Waals surface area contributed by atoms with Crippen LogP contribution in [0.25, 0.3) is 0 Å². The molecule has 2 aromatic rings. The zero-order valence-electron chi connectivity index (χ0n) is 15.9. The van der Waals surface area contributed by atoms with E-state index in [1.807, 2.05) is 32.1 Å². The molecule has 1 fully saturated rings. The highest BCUT2D eigenvalue weighted by Crippen LogP contribution is 2.37. The molecule has 7 heteroatoms. The lowest BCUT2D eigenvalue weighted by Gasteiger charge is -2.15. The van der Waals surface area contributed by atoms with E-state index in [1.165, 1.54) is 5.56 Å². The number of aliphatic hydroxyl groups excluding tert-OH is 1.